The summed E-state index contributed by atoms with van der Waals surface area (Å²) >= 11 is 0. The fourth-order valence-corrected chi connectivity index (χ4v) is 1.93. The number of methoxy groups -OCH3 is 1. The van der Waals surface area contributed by atoms with Gasteiger partial charge in [-0.15, -0.1) is 0 Å². The molecule has 0 bridgehead atoms. The van der Waals surface area contributed by atoms with E-state index in [0.717, 1.165) is 45.9 Å². The standard InChI is InChI=1S/C12H26N2O2/c1-14(8-11-15-2)7-6-13-12-4-3-9-16-10-5-12/h12-13H,3-11H2,1-2H3. The first kappa shape index (κ1) is 13.9. The normalized spacial score (nSPS) is 22.3. The Morgan fingerprint density at radius 2 is 2.19 bits per heavy atom. The van der Waals surface area contributed by atoms with Gasteiger partial charge in [0.15, 0.2) is 0 Å². The molecular weight excluding hydrogens is 204 g/mol. The SMILES string of the molecule is COCCN(C)CCNC1CCCOCC1. The molecule has 1 aliphatic heterocycles. The number of rotatable bonds is 7. The third-order valence-electron chi connectivity index (χ3n) is 3.06. The van der Waals surface area contributed by atoms with E-state index in [1.54, 1.807) is 7.11 Å². The van der Waals surface area contributed by atoms with E-state index in [1.807, 2.05) is 0 Å². The van der Waals surface area contributed by atoms with E-state index in [9.17, 15) is 0 Å². The minimum atomic E-state index is 0.651. The van der Waals surface area contributed by atoms with Crippen LogP contribution in [0.1, 0.15) is 19.3 Å². The first-order valence-corrected chi connectivity index (χ1v) is 6.31. The van der Waals surface area contributed by atoms with E-state index in [4.69, 9.17) is 9.47 Å². The molecule has 1 unspecified atom stereocenters. The van der Waals surface area contributed by atoms with Gasteiger partial charge < -0.3 is 19.7 Å². The van der Waals surface area contributed by atoms with Crippen molar-refractivity contribution < 1.29 is 9.47 Å². The van der Waals surface area contributed by atoms with Crippen LogP contribution < -0.4 is 5.32 Å². The van der Waals surface area contributed by atoms with Crippen molar-refractivity contribution in [2.75, 3.05) is 53.6 Å². The molecule has 1 saturated heterocycles. The van der Waals surface area contributed by atoms with Gasteiger partial charge in [0.25, 0.3) is 0 Å². The van der Waals surface area contributed by atoms with Crippen molar-refractivity contribution in [3.05, 3.63) is 0 Å². The first-order valence-electron chi connectivity index (χ1n) is 6.31. The van der Waals surface area contributed by atoms with Crippen molar-refractivity contribution in [2.24, 2.45) is 0 Å². The lowest BCUT2D eigenvalue weighted by atomic mass is 10.1. The highest BCUT2D eigenvalue weighted by atomic mass is 16.5. The molecule has 1 aliphatic rings. The molecule has 0 aromatic carbocycles. The van der Waals surface area contributed by atoms with Crippen molar-refractivity contribution in [2.45, 2.75) is 25.3 Å². The zero-order chi connectivity index (χ0) is 11.6. The molecule has 4 heteroatoms. The molecule has 1 atom stereocenters. The lowest BCUT2D eigenvalue weighted by Gasteiger charge is -2.20. The van der Waals surface area contributed by atoms with Gasteiger partial charge in [0.1, 0.15) is 0 Å². The molecule has 1 heterocycles. The molecule has 0 radical (unpaired) electrons. The van der Waals surface area contributed by atoms with Gasteiger partial charge in [0.2, 0.25) is 0 Å². The summed E-state index contributed by atoms with van der Waals surface area (Å²) in [4.78, 5) is 2.30. The summed E-state index contributed by atoms with van der Waals surface area (Å²) in [5.74, 6) is 0. The molecule has 4 nitrogen and oxygen atoms in total. The van der Waals surface area contributed by atoms with Crippen molar-refractivity contribution in [1.29, 1.82) is 0 Å². The largest absolute Gasteiger partial charge is 0.383 e. The van der Waals surface area contributed by atoms with Crippen LogP contribution in [0.2, 0.25) is 0 Å². The highest BCUT2D eigenvalue weighted by molar-refractivity contribution is 4.69. The molecule has 0 spiro atoms. The fraction of sp³-hybridized carbons (Fsp3) is 1.00. The van der Waals surface area contributed by atoms with E-state index in [1.165, 1.54) is 12.8 Å². The van der Waals surface area contributed by atoms with E-state index in [2.05, 4.69) is 17.3 Å². The van der Waals surface area contributed by atoms with Crippen molar-refractivity contribution in [1.82, 2.24) is 10.2 Å². The number of hydrogen-bond acceptors (Lipinski definition) is 4. The highest BCUT2D eigenvalue weighted by Gasteiger charge is 2.11. The van der Waals surface area contributed by atoms with E-state index in [-0.39, 0.29) is 0 Å². The Hall–Kier alpha value is -0.160. The van der Waals surface area contributed by atoms with E-state index >= 15 is 0 Å². The zero-order valence-electron chi connectivity index (χ0n) is 10.7. The minimum Gasteiger partial charge on any atom is -0.383 e. The molecule has 1 N–H and O–H groups in total. The van der Waals surface area contributed by atoms with Gasteiger partial charge in [-0.05, 0) is 26.3 Å². The molecule has 0 amide bonds. The number of likely N-dealkylation sites (N-methyl/N-ethyl adjacent to an activating group) is 1. The fourth-order valence-electron chi connectivity index (χ4n) is 1.93. The van der Waals surface area contributed by atoms with E-state index in [0.29, 0.717) is 6.04 Å². The molecule has 16 heavy (non-hydrogen) atoms. The number of ether oxygens (including phenoxy) is 2. The maximum Gasteiger partial charge on any atom is 0.0589 e. The van der Waals surface area contributed by atoms with Crippen LogP contribution in [0.25, 0.3) is 0 Å². The summed E-state index contributed by atoms with van der Waals surface area (Å²) in [5.41, 5.74) is 0. The summed E-state index contributed by atoms with van der Waals surface area (Å²) in [6.45, 7) is 5.81. The van der Waals surface area contributed by atoms with Gasteiger partial charge in [-0.1, -0.05) is 0 Å². The van der Waals surface area contributed by atoms with Gasteiger partial charge in [-0.25, -0.2) is 0 Å². The second-order valence-corrected chi connectivity index (χ2v) is 4.49. The third kappa shape index (κ3) is 6.43. The Balaban J connectivity index is 2.00. The zero-order valence-corrected chi connectivity index (χ0v) is 10.7. The van der Waals surface area contributed by atoms with Gasteiger partial charge in [0.05, 0.1) is 6.61 Å². The Morgan fingerprint density at radius 3 is 3.00 bits per heavy atom. The topological polar surface area (TPSA) is 33.7 Å². The van der Waals surface area contributed by atoms with Crippen LogP contribution in [-0.4, -0.2) is 64.6 Å². The molecule has 1 fully saturated rings. The molecule has 0 aromatic rings. The Morgan fingerprint density at radius 1 is 1.31 bits per heavy atom. The van der Waals surface area contributed by atoms with Gasteiger partial charge in [-0.2, -0.15) is 0 Å². The quantitative estimate of drug-likeness (QED) is 0.699. The third-order valence-corrected chi connectivity index (χ3v) is 3.06. The molecule has 0 aromatic heterocycles. The number of nitrogens with zero attached hydrogens (tertiary/aromatic N) is 1. The van der Waals surface area contributed by atoms with Crippen molar-refractivity contribution >= 4 is 0 Å². The number of nitrogens with one attached hydrogen (secondary N) is 1. The maximum absolute atomic E-state index is 5.44. The van der Waals surface area contributed by atoms with Crippen molar-refractivity contribution in [3.63, 3.8) is 0 Å². The molecule has 1 rings (SSSR count). The van der Waals surface area contributed by atoms with Crippen LogP contribution in [0.5, 0.6) is 0 Å². The minimum absolute atomic E-state index is 0.651. The summed E-state index contributed by atoms with van der Waals surface area (Å²) in [5, 5.41) is 3.61. The van der Waals surface area contributed by atoms with Crippen LogP contribution in [0, 0.1) is 0 Å². The summed E-state index contributed by atoms with van der Waals surface area (Å²) in [7, 11) is 3.88. The van der Waals surface area contributed by atoms with Crippen LogP contribution in [0.3, 0.4) is 0 Å². The Bertz CT molecular complexity index is 159. The lowest BCUT2D eigenvalue weighted by Crippen LogP contribution is -2.37. The monoisotopic (exact) mass is 230 g/mol. The average molecular weight is 230 g/mol. The number of hydrogen-bond donors (Lipinski definition) is 1. The van der Waals surface area contributed by atoms with Crippen LogP contribution in [0.15, 0.2) is 0 Å². The van der Waals surface area contributed by atoms with E-state index < -0.39 is 0 Å². The maximum atomic E-state index is 5.44. The smallest absolute Gasteiger partial charge is 0.0589 e. The molecule has 0 aliphatic carbocycles. The second kappa shape index (κ2) is 8.93. The lowest BCUT2D eigenvalue weighted by molar-refractivity contribution is 0.142. The average Bonchev–Trinajstić information content (AvgIpc) is 2.55. The summed E-state index contributed by atoms with van der Waals surface area (Å²) in [6.07, 6.45) is 3.60. The second-order valence-electron chi connectivity index (χ2n) is 4.49. The van der Waals surface area contributed by atoms with Crippen molar-refractivity contribution in [3.8, 4) is 0 Å². The summed E-state index contributed by atoms with van der Waals surface area (Å²) in [6, 6.07) is 0.651. The van der Waals surface area contributed by atoms with Gasteiger partial charge in [0, 0.05) is 46.0 Å². The van der Waals surface area contributed by atoms with Crippen LogP contribution >= 0.6 is 0 Å². The Labute approximate surface area is 99.3 Å². The van der Waals surface area contributed by atoms with Gasteiger partial charge in [-0.3, -0.25) is 0 Å². The first-order chi connectivity index (χ1) is 7.83. The predicted molar refractivity (Wildman–Crippen MR) is 65.8 cm³/mol. The molecule has 0 saturated carbocycles. The molecule has 96 valence electrons. The van der Waals surface area contributed by atoms with Gasteiger partial charge >= 0.3 is 0 Å². The van der Waals surface area contributed by atoms with Crippen LogP contribution in [-0.2, 0) is 9.47 Å². The molecular formula is C12H26N2O2. The Kier molecular flexibility index (Phi) is 7.76. The predicted octanol–water partition coefficient (Wildman–Crippen LogP) is 0.723. The summed E-state index contributed by atoms with van der Waals surface area (Å²) < 4.78 is 10.5. The highest BCUT2D eigenvalue weighted by Crippen LogP contribution is 2.07. The van der Waals surface area contributed by atoms with Crippen LogP contribution in [0.4, 0.5) is 0 Å².